The average molecular weight is 354 g/mol. The molecular weight excluding hydrogens is 334 g/mol. The lowest BCUT2D eigenvalue weighted by atomic mass is 10.1. The van der Waals surface area contributed by atoms with Crippen LogP contribution in [0.1, 0.15) is 17.3 Å². The van der Waals surface area contributed by atoms with Crippen LogP contribution in [0.15, 0.2) is 54.6 Å². The molecule has 3 nitrogen and oxygen atoms in total. The van der Waals surface area contributed by atoms with Crippen LogP contribution in [0.2, 0.25) is 0 Å². The minimum absolute atomic E-state index is 0.0518. The molecular formula is C21H20F2N2O. The van der Waals surface area contributed by atoms with Crippen molar-refractivity contribution in [3.63, 3.8) is 0 Å². The molecule has 2 aromatic carbocycles. The highest BCUT2D eigenvalue weighted by Crippen LogP contribution is 2.34. The number of hydrogen-bond donors (Lipinski definition) is 1. The summed E-state index contributed by atoms with van der Waals surface area (Å²) in [4.78, 5) is 0. The molecule has 2 heterocycles. The van der Waals surface area contributed by atoms with Crippen molar-refractivity contribution in [2.75, 3.05) is 19.8 Å². The summed E-state index contributed by atoms with van der Waals surface area (Å²) in [6, 6.07) is 15.0. The smallest absolute Gasteiger partial charge is 0.132 e. The minimum atomic E-state index is -0.298. The number of halogens is 2. The first-order valence-corrected chi connectivity index (χ1v) is 8.69. The number of aromatic nitrogens is 1. The predicted octanol–water partition coefficient (Wildman–Crippen LogP) is 4.39. The Bertz CT molecular complexity index is 912. The molecule has 3 aromatic rings. The van der Waals surface area contributed by atoms with Gasteiger partial charge < -0.3 is 14.6 Å². The number of nitrogens with one attached hydrogen (secondary N) is 1. The van der Waals surface area contributed by atoms with E-state index >= 15 is 0 Å². The maximum atomic E-state index is 14.5. The van der Waals surface area contributed by atoms with Gasteiger partial charge in [-0.25, -0.2) is 8.78 Å². The summed E-state index contributed by atoms with van der Waals surface area (Å²) in [6.07, 6.45) is 0. The molecule has 5 heteroatoms. The summed E-state index contributed by atoms with van der Waals surface area (Å²) >= 11 is 0. The van der Waals surface area contributed by atoms with Crippen molar-refractivity contribution in [1.82, 2.24) is 9.88 Å². The fourth-order valence-corrected chi connectivity index (χ4v) is 3.53. The fourth-order valence-electron chi connectivity index (χ4n) is 3.53. The van der Waals surface area contributed by atoms with E-state index < -0.39 is 0 Å². The van der Waals surface area contributed by atoms with E-state index in [2.05, 4.69) is 5.32 Å². The number of hydrogen-bond acceptors (Lipinski definition) is 2. The summed E-state index contributed by atoms with van der Waals surface area (Å²) < 4.78 is 35.5. The summed E-state index contributed by atoms with van der Waals surface area (Å²) in [6.45, 7) is 4.04. The highest BCUT2D eigenvalue weighted by molar-refractivity contribution is 5.67. The van der Waals surface area contributed by atoms with Crippen molar-refractivity contribution in [2.45, 2.75) is 13.0 Å². The summed E-state index contributed by atoms with van der Waals surface area (Å²) in [5.41, 5.74) is 4.10. The van der Waals surface area contributed by atoms with Gasteiger partial charge in [-0.05, 0) is 55.0 Å². The van der Waals surface area contributed by atoms with E-state index in [-0.39, 0.29) is 17.7 Å². The predicted molar refractivity (Wildman–Crippen MR) is 97.4 cm³/mol. The van der Waals surface area contributed by atoms with E-state index in [9.17, 15) is 8.78 Å². The quantitative estimate of drug-likeness (QED) is 0.755. The number of rotatable bonds is 3. The molecule has 1 aliphatic rings. The maximum absolute atomic E-state index is 14.5. The van der Waals surface area contributed by atoms with Gasteiger partial charge in [0.1, 0.15) is 11.6 Å². The van der Waals surface area contributed by atoms with Crippen molar-refractivity contribution >= 4 is 0 Å². The van der Waals surface area contributed by atoms with Crippen molar-refractivity contribution in [3.8, 4) is 16.9 Å². The lowest BCUT2D eigenvalue weighted by Crippen LogP contribution is -2.34. The van der Waals surface area contributed by atoms with Crippen molar-refractivity contribution in [1.29, 1.82) is 0 Å². The van der Waals surface area contributed by atoms with Crippen LogP contribution in [-0.2, 0) is 4.74 Å². The molecule has 1 aromatic heterocycles. The first kappa shape index (κ1) is 16.9. The van der Waals surface area contributed by atoms with Gasteiger partial charge in [-0.1, -0.05) is 12.1 Å². The Kier molecular flexibility index (Phi) is 4.57. The van der Waals surface area contributed by atoms with Crippen LogP contribution in [0.25, 0.3) is 16.9 Å². The third kappa shape index (κ3) is 3.04. The molecule has 0 bridgehead atoms. The number of benzene rings is 2. The molecule has 0 spiro atoms. The molecule has 0 aliphatic carbocycles. The van der Waals surface area contributed by atoms with Gasteiger partial charge in [0.25, 0.3) is 0 Å². The van der Waals surface area contributed by atoms with E-state index in [1.165, 1.54) is 18.2 Å². The topological polar surface area (TPSA) is 26.2 Å². The zero-order valence-electron chi connectivity index (χ0n) is 14.5. The van der Waals surface area contributed by atoms with Gasteiger partial charge in [0, 0.05) is 23.5 Å². The van der Waals surface area contributed by atoms with Gasteiger partial charge in [0.2, 0.25) is 0 Å². The van der Waals surface area contributed by atoms with E-state index in [4.69, 9.17) is 4.74 Å². The Labute approximate surface area is 151 Å². The molecule has 1 aliphatic heterocycles. The van der Waals surface area contributed by atoms with Crippen LogP contribution in [-0.4, -0.2) is 24.3 Å². The van der Waals surface area contributed by atoms with Crippen molar-refractivity contribution in [3.05, 3.63) is 77.5 Å². The van der Waals surface area contributed by atoms with Gasteiger partial charge in [0.05, 0.1) is 24.9 Å². The fraction of sp³-hybridized carbons (Fsp3) is 0.238. The molecule has 134 valence electrons. The first-order valence-electron chi connectivity index (χ1n) is 8.69. The van der Waals surface area contributed by atoms with E-state index in [0.717, 1.165) is 29.2 Å². The lowest BCUT2D eigenvalue weighted by molar-refractivity contribution is 0.0767. The third-order valence-electron chi connectivity index (χ3n) is 4.82. The molecule has 1 N–H and O–H groups in total. The van der Waals surface area contributed by atoms with Crippen molar-refractivity contribution in [2.24, 2.45) is 0 Å². The van der Waals surface area contributed by atoms with Crippen LogP contribution >= 0.6 is 0 Å². The number of morpholine rings is 1. The van der Waals surface area contributed by atoms with Gasteiger partial charge in [-0.3, -0.25) is 0 Å². The second-order valence-electron chi connectivity index (χ2n) is 6.44. The third-order valence-corrected chi connectivity index (χ3v) is 4.82. The minimum Gasteiger partial charge on any atom is -0.378 e. The Morgan fingerprint density at radius 1 is 1.08 bits per heavy atom. The molecule has 0 radical (unpaired) electrons. The first-order chi connectivity index (χ1) is 12.6. The molecule has 26 heavy (non-hydrogen) atoms. The summed E-state index contributed by atoms with van der Waals surface area (Å²) in [5, 5.41) is 3.45. The van der Waals surface area contributed by atoms with Crippen LogP contribution in [0.3, 0.4) is 0 Å². The number of ether oxygens (including phenoxy) is 1. The van der Waals surface area contributed by atoms with E-state index in [0.29, 0.717) is 18.8 Å². The van der Waals surface area contributed by atoms with Gasteiger partial charge in [-0.15, -0.1) is 0 Å². The van der Waals surface area contributed by atoms with Crippen molar-refractivity contribution < 1.29 is 13.5 Å². The highest BCUT2D eigenvalue weighted by Gasteiger charge is 2.24. The molecule has 1 fully saturated rings. The average Bonchev–Trinajstić information content (AvgIpc) is 3.01. The SMILES string of the molecule is Cc1c(C2COCCN2)cc(-c2ccccc2F)n1-c1ccc(F)cc1. The Balaban J connectivity index is 1.91. The number of nitrogens with zero attached hydrogens (tertiary/aromatic N) is 1. The van der Waals surface area contributed by atoms with E-state index in [1.807, 2.05) is 23.6 Å². The van der Waals surface area contributed by atoms with Crippen LogP contribution in [0.4, 0.5) is 8.78 Å². The van der Waals surface area contributed by atoms with Gasteiger partial charge in [0.15, 0.2) is 0 Å². The summed E-state index contributed by atoms with van der Waals surface area (Å²) in [7, 11) is 0. The zero-order valence-corrected chi connectivity index (χ0v) is 14.5. The van der Waals surface area contributed by atoms with Crippen LogP contribution in [0.5, 0.6) is 0 Å². The van der Waals surface area contributed by atoms with Gasteiger partial charge in [-0.2, -0.15) is 0 Å². The Morgan fingerprint density at radius 3 is 2.54 bits per heavy atom. The standard InChI is InChI=1S/C21H20F2N2O/c1-14-18(20-13-26-11-10-24-20)12-21(17-4-2-3-5-19(17)23)25(14)16-8-6-15(22)7-9-16/h2-9,12,20,24H,10-11,13H2,1H3. The maximum Gasteiger partial charge on any atom is 0.132 e. The molecule has 4 rings (SSSR count). The molecule has 0 saturated carbocycles. The summed E-state index contributed by atoms with van der Waals surface area (Å²) in [5.74, 6) is -0.582. The zero-order chi connectivity index (χ0) is 18.1. The largest absolute Gasteiger partial charge is 0.378 e. The highest BCUT2D eigenvalue weighted by atomic mass is 19.1. The Hall–Kier alpha value is -2.50. The monoisotopic (exact) mass is 354 g/mol. The normalized spacial score (nSPS) is 17.4. The van der Waals surface area contributed by atoms with E-state index in [1.54, 1.807) is 24.3 Å². The lowest BCUT2D eigenvalue weighted by Gasteiger charge is -2.24. The Morgan fingerprint density at radius 2 is 1.85 bits per heavy atom. The second-order valence-corrected chi connectivity index (χ2v) is 6.44. The second kappa shape index (κ2) is 7.02. The molecule has 0 amide bonds. The van der Waals surface area contributed by atoms with Crippen LogP contribution in [0, 0.1) is 18.6 Å². The molecule has 1 saturated heterocycles. The van der Waals surface area contributed by atoms with Gasteiger partial charge >= 0.3 is 0 Å². The molecule has 1 unspecified atom stereocenters. The molecule has 1 atom stereocenters. The van der Waals surface area contributed by atoms with Crippen LogP contribution < -0.4 is 5.32 Å².